The maximum absolute atomic E-state index is 1.58. The number of hydrogen-bond donors (Lipinski definition) is 0. The highest BCUT2D eigenvalue weighted by Crippen LogP contribution is 2.40. The summed E-state index contributed by atoms with van der Waals surface area (Å²) in [6, 6.07) is 0. The molecule has 0 radical (unpaired) electrons. The van der Waals surface area contributed by atoms with Crippen LogP contribution in [0.4, 0.5) is 0 Å². The summed E-state index contributed by atoms with van der Waals surface area (Å²) in [6.45, 7) is 0. The maximum atomic E-state index is 1.58. The second-order valence-electron chi connectivity index (χ2n) is 3.83. The van der Waals surface area contributed by atoms with Crippen molar-refractivity contribution in [1.29, 1.82) is 0 Å². The van der Waals surface area contributed by atoms with E-state index >= 15 is 0 Å². The van der Waals surface area contributed by atoms with Crippen LogP contribution in [0.5, 0.6) is 0 Å². The van der Waals surface area contributed by atoms with E-state index in [1.54, 1.807) is 33.0 Å². The first-order chi connectivity index (χ1) is 4.45. The Labute approximate surface area is 58.3 Å². The van der Waals surface area contributed by atoms with Gasteiger partial charge < -0.3 is 0 Å². The number of rotatable bonds is 0. The molecule has 0 amide bonds. The zero-order valence-electron chi connectivity index (χ0n) is 6.10. The molecule has 0 atom stereocenters. The Morgan fingerprint density at radius 1 is 0.778 bits per heavy atom. The number of hydrogen-bond acceptors (Lipinski definition) is 0. The molecule has 0 spiro atoms. The molecule has 1 heteroatoms. The van der Waals surface area contributed by atoms with Gasteiger partial charge in [-0.2, -0.15) is 0 Å². The van der Waals surface area contributed by atoms with Gasteiger partial charge in [-0.1, -0.05) is 50.2 Å². The molecule has 2 heterocycles. The van der Waals surface area contributed by atoms with Crippen molar-refractivity contribution in [1.82, 2.24) is 0 Å². The first kappa shape index (κ1) is 5.82. The van der Waals surface area contributed by atoms with Crippen LogP contribution in [0, 0.1) is 0 Å². The Kier molecular flexibility index (Phi) is 1.53. The van der Waals surface area contributed by atoms with E-state index in [9.17, 15) is 0 Å². The third-order valence-electron chi connectivity index (χ3n) is 3.12. The third kappa shape index (κ3) is 1.15. The average Bonchev–Trinajstić information content (AvgIpc) is 1.88. The minimum absolute atomic E-state index is 1.15. The lowest BCUT2D eigenvalue weighted by Gasteiger charge is -2.32. The van der Waals surface area contributed by atoms with Crippen LogP contribution in [0.25, 0.3) is 0 Å². The minimum atomic E-state index is 1.15. The Bertz CT molecular complexity index is 80.7. The summed E-state index contributed by atoms with van der Waals surface area (Å²) in [4.78, 5) is 0. The van der Waals surface area contributed by atoms with Crippen molar-refractivity contribution < 1.29 is 0 Å². The van der Waals surface area contributed by atoms with Crippen LogP contribution in [-0.2, 0) is 0 Å². The minimum Gasteiger partial charge on any atom is -0.0654 e. The van der Waals surface area contributed by atoms with Crippen molar-refractivity contribution in [2.45, 2.75) is 50.2 Å². The lowest BCUT2D eigenvalue weighted by Crippen LogP contribution is -2.21. The molecule has 0 aliphatic carbocycles. The van der Waals surface area contributed by atoms with Gasteiger partial charge >= 0.3 is 0 Å². The molecular weight excluding hydrogens is 107 g/mol. The summed E-state index contributed by atoms with van der Waals surface area (Å²) in [7, 11) is 1.58. The van der Waals surface area contributed by atoms with Crippen molar-refractivity contribution >= 4 is 7.28 Å². The average molecular weight is 122 g/mol. The molecule has 0 unspecified atom stereocenters. The molecule has 2 aliphatic rings. The second-order valence-corrected chi connectivity index (χ2v) is 3.83. The molecule has 2 aliphatic heterocycles. The van der Waals surface area contributed by atoms with Crippen LogP contribution in [0.2, 0.25) is 11.6 Å². The molecular formula is C8H15B. The largest absolute Gasteiger partial charge is 0.127 e. The van der Waals surface area contributed by atoms with Crippen molar-refractivity contribution in [3.8, 4) is 0 Å². The lowest BCUT2D eigenvalue weighted by molar-refractivity contribution is 0.455. The fourth-order valence-electron chi connectivity index (χ4n) is 2.62. The predicted molar refractivity (Wildman–Crippen MR) is 42.4 cm³/mol. The molecule has 0 saturated carbocycles. The summed E-state index contributed by atoms with van der Waals surface area (Å²) >= 11 is 0. The molecule has 2 bridgehead atoms. The zero-order chi connectivity index (χ0) is 6.10. The quantitative estimate of drug-likeness (QED) is 0.432. The first-order valence-corrected chi connectivity index (χ1v) is 4.45. The van der Waals surface area contributed by atoms with Gasteiger partial charge in [-0.25, -0.2) is 0 Å². The van der Waals surface area contributed by atoms with E-state index in [0.717, 1.165) is 11.6 Å². The predicted octanol–water partition coefficient (Wildman–Crippen LogP) is 2.37. The molecule has 2 saturated heterocycles. The normalized spacial score (nSPS) is 41.8. The van der Waals surface area contributed by atoms with Crippen LogP contribution in [-0.4, -0.2) is 7.28 Å². The second kappa shape index (κ2) is 2.36. The van der Waals surface area contributed by atoms with Gasteiger partial charge in [-0.3, -0.25) is 0 Å². The smallest absolute Gasteiger partial charge is 0.0654 e. The zero-order valence-corrected chi connectivity index (χ0v) is 6.10. The molecule has 0 aromatic carbocycles. The third-order valence-corrected chi connectivity index (χ3v) is 3.12. The molecule has 2 fully saturated rings. The van der Waals surface area contributed by atoms with Crippen molar-refractivity contribution in [3.63, 3.8) is 0 Å². The summed E-state index contributed by atoms with van der Waals surface area (Å²) in [5, 5.41) is 0. The Morgan fingerprint density at radius 2 is 1.22 bits per heavy atom. The van der Waals surface area contributed by atoms with Gasteiger partial charge in [-0.05, 0) is 0 Å². The molecule has 0 N–H and O–H groups in total. The summed E-state index contributed by atoms with van der Waals surface area (Å²) in [5.41, 5.74) is 0. The molecule has 0 aromatic rings. The van der Waals surface area contributed by atoms with Gasteiger partial charge in [0.25, 0.3) is 0 Å². The highest BCUT2D eigenvalue weighted by molar-refractivity contribution is 6.40. The Balaban J connectivity index is 1.96. The van der Waals surface area contributed by atoms with Crippen LogP contribution >= 0.6 is 0 Å². The highest BCUT2D eigenvalue weighted by atomic mass is 14.2. The molecule has 50 valence electrons. The number of fused-ring (bicyclic) bond motifs is 2. The fraction of sp³-hybridized carbons (Fsp3) is 1.00. The summed E-state index contributed by atoms with van der Waals surface area (Å²) in [6.07, 6.45) is 9.28. The first-order valence-electron chi connectivity index (χ1n) is 4.45. The van der Waals surface area contributed by atoms with Crippen molar-refractivity contribution in [2.24, 2.45) is 0 Å². The SMILES string of the molecule is B1[C@H]2CCC[C@H]1CCC2. The molecule has 0 nitrogen and oxygen atoms in total. The summed E-state index contributed by atoms with van der Waals surface area (Å²) in [5.74, 6) is 2.30. The van der Waals surface area contributed by atoms with Crippen LogP contribution in [0.15, 0.2) is 0 Å². The van der Waals surface area contributed by atoms with Crippen LogP contribution in [0.3, 0.4) is 0 Å². The van der Waals surface area contributed by atoms with Gasteiger partial charge in [0.2, 0.25) is 0 Å². The standard InChI is InChI=1S/C8H15B/c1-3-7-5-2-6-8(4-1)9-7/h7-9H,1-6H2/t7-,8-. The van der Waals surface area contributed by atoms with Crippen LogP contribution < -0.4 is 0 Å². The Morgan fingerprint density at radius 3 is 1.56 bits per heavy atom. The van der Waals surface area contributed by atoms with E-state index in [1.165, 1.54) is 12.8 Å². The van der Waals surface area contributed by atoms with Gasteiger partial charge in [0, 0.05) is 0 Å². The molecule has 9 heavy (non-hydrogen) atoms. The monoisotopic (exact) mass is 122 g/mol. The van der Waals surface area contributed by atoms with Gasteiger partial charge in [0.05, 0.1) is 0 Å². The topological polar surface area (TPSA) is 0 Å². The molecule has 0 aromatic heterocycles. The van der Waals surface area contributed by atoms with Crippen molar-refractivity contribution in [3.05, 3.63) is 0 Å². The van der Waals surface area contributed by atoms with E-state index in [4.69, 9.17) is 0 Å². The van der Waals surface area contributed by atoms with E-state index in [1.807, 2.05) is 0 Å². The van der Waals surface area contributed by atoms with E-state index in [0.29, 0.717) is 0 Å². The van der Waals surface area contributed by atoms with Gasteiger partial charge in [0.1, 0.15) is 7.28 Å². The Hall–Kier alpha value is 0.0649. The van der Waals surface area contributed by atoms with Gasteiger partial charge in [-0.15, -0.1) is 0 Å². The highest BCUT2D eigenvalue weighted by Gasteiger charge is 2.26. The maximum Gasteiger partial charge on any atom is 0.127 e. The lowest BCUT2D eigenvalue weighted by atomic mass is 9.44. The van der Waals surface area contributed by atoms with Crippen molar-refractivity contribution in [2.75, 3.05) is 0 Å². The van der Waals surface area contributed by atoms with Gasteiger partial charge in [0.15, 0.2) is 0 Å². The van der Waals surface area contributed by atoms with E-state index in [2.05, 4.69) is 0 Å². The van der Waals surface area contributed by atoms with E-state index < -0.39 is 0 Å². The molecule has 2 rings (SSSR count). The fourth-order valence-corrected chi connectivity index (χ4v) is 2.62. The van der Waals surface area contributed by atoms with E-state index in [-0.39, 0.29) is 0 Å². The summed E-state index contributed by atoms with van der Waals surface area (Å²) < 4.78 is 0. The van der Waals surface area contributed by atoms with Crippen LogP contribution in [0.1, 0.15) is 38.5 Å².